The molecule has 0 radical (unpaired) electrons. The largest absolute Gasteiger partial charge is 0.492 e. The molecule has 2 N–H and O–H groups in total. The molecule has 18 heavy (non-hydrogen) atoms. The molecule has 3 nitrogen and oxygen atoms in total. The van der Waals surface area contributed by atoms with E-state index < -0.39 is 0 Å². The van der Waals surface area contributed by atoms with E-state index in [4.69, 9.17) is 10.5 Å². The highest BCUT2D eigenvalue weighted by Crippen LogP contribution is 2.24. The first-order valence-corrected chi connectivity index (χ1v) is 6.77. The van der Waals surface area contributed by atoms with E-state index in [1.54, 1.807) is 0 Å². The summed E-state index contributed by atoms with van der Waals surface area (Å²) in [6.45, 7) is 13.0. The highest BCUT2D eigenvalue weighted by atomic mass is 16.5. The Hall–Kier alpha value is -1.06. The van der Waals surface area contributed by atoms with Crippen molar-refractivity contribution >= 4 is 0 Å². The van der Waals surface area contributed by atoms with Crippen LogP contribution < -0.4 is 10.5 Å². The molecule has 0 aliphatic carbocycles. The van der Waals surface area contributed by atoms with Gasteiger partial charge in [-0.05, 0) is 43.6 Å². The SMILES string of the molecule is CCN(CC)CCOc1c(C)cc(CN)cc1C. The third kappa shape index (κ3) is 4.00. The van der Waals surface area contributed by atoms with Crippen LogP contribution in [-0.4, -0.2) is 31.1 Å². The molecule has 0 saturated heterocycles. The zero-order chi connectivity index (χ0) is 13.5. The predicted molar refractivity (Wildman–Crippen MR) is 77.1 cm³/mol. The molecule has 102 valence electrons. The Morgan fingerprint density at radius 3 is 2.11 bits per heavy atom. The van der Waals surface area contributed by atoms with Crippen LogP contribution >= 0.6 is 0 Å². The van der Waals surface area contributed by atoms with Crippen molar-refractivity contribution in [2.45, 2.75) is 34.2 Å². The van der Waals surface area contributed by atoms with Gasteiger partial charge < -0.3 is 15.4 Å². The average Bonchev–Trinajstić information content (AvgIpc) is 2.37. The van der Waals surface area contributed by atoms with Crippen LogP contribution in [0.25, 0.3) is 0 Å². The first kappa shape index (κ1) is 15.0. The van der Waals surface area contributed by atoms with E-state index in [0.717, 1.165) is 32.0 Å². The van der Waals surface area contributed by atoms with Crippen LogP contribution in [0.5, 0.6) is 5.75 Å². The van der Waals surface area contributed by atoms with Gasteiger partial charge in [-0.25, -0.2) is 0 Å². The van der Waals surface area contributed by atoms with Gasteiger partial charge in [0, 0.05) is 13.1 Å². The molecule has 0 amide bonds. The summed E-state index contributed by atoms with van der Waals surface area (Å²) in [6.07, 6.45) is 0. The number of hydrogen-bond acceptors (Lipinski definition) is 3. The first-order chi connectivity index (χ1) is 8.62. The highest BCUT2D eigenvalue weighted by Gasteiger charge is 2.06. The zero-order valence-electron chi connectivity index (χ0n) is 12.1. The van der Waals surface area contributed by atoms with Gasteiger partial charge >= 0.3 is 0 Å². The van der Waals surface area contributed by atoms with Crippen molar-refractivity contribution in [1.82, 2.24) is 4.90 Å². The van der Waals surface area contributed by atoms with Crippen LogP contribution in [0.1, 0.15) is 30.5 Å². The van der Waals surface area contributed by atoms with Crippen LogP contribution in [0.2, 0.25) is 0 Å². The molecule has 0 atom stereocenters. The molecule has 1 aromatic rings. The maximum absolute atomic E-state index is 5.92. The highest BCUT2D eigenvalue weighted by molar-refractivity contribution is 5.43. The monoisotopic (exact) mass is 250 g/mol. The van der Waals surface area contributed by atoms with E-state index in [1.165, 1.54) is 16.7 Å². The number of ether oxygens (including phenoxy) is 1. The fraction of sp³-hybridized carbons (Fsp3) is 0.600. The van der Waals surface area contributed by atoms with Crippen LogP contribution in [-0.2, 0) is 6.54 Å². The normalized spacial score (nSPS) is 11.0. The lowest BCUT2D eigenvalue weighted by atomic mass is 10.1. The van der Waals surface area contributed by atoms with E-state index in [9.17, 15) is 0 Å². The Morgan fingerprint density at radius 1 is 1.11 bits per heavy atom. The summed E-state index contributed by atoms with van der Waals surface area (Å²) in [5.74, 6) is 1.01. The van der Waals surface area contributed by atoms with E-state index in [1.807, 2.05) is 0 Å². The summed E-state index contributed by atoms with van der Waals surface area (Å²) in [4.78, 5) is 2.36. The molecule has 0 aromatic heterocycles. The fourth-order valence-corrected chi connectivity index (χ4v) is 2.20. The van der Waals surface area contributed by atoms with Crippen LogP contribution in [0.15, 0.2) is 12.1 Å². The Kier molecular flexibility index (Phi) is 6.16. The van der Waals surface area contributed by atoms with Crippen LogP contribution in [0.4, 0.5) is 0 Å². The van der Waals surface area contributed by atoms with Crippen molar-refractivity contribution in [3.63, 3.8) is 0 Å². The quantitative estimate of drug-likeness (QED) is 0.808. The third-order valence-electron chi connectivity index (χ3n) is 3.30. The van der Waals surface area contributed by atoms with Crippen molar-refractivity contribution in [3.8, 4) is 5.75 Å². The van der Waals surface area contributed by atoms with E-state index in [2.05, 4.69) is 44.7 Å². The summed E-state index contributed by atoms with van der Waals surface area (Å²) < 4.78 is 5.92. The van der Waals surface area contributed by atoms with E-state index in [0.29, 0.717) is 6.54 Å². The van der Waals surface area contributed by atoms with Crippen LogP contribution in [0, 0.1) is 13.8 Å². The number of nitrogens with two attached hydrogens (primary N) is 1. The molecule has 3 heteroatoms. The molecule has 0 heterocycles. The second-order valence-corrected chi connectivity index (χ2v) is 4.64. The summed E-state index contributed by atoms with van der Waals surface area (Å²) in [6, 6.07) is 4.22. The van der Waals surface area contributed by atoms with Crippen molar-refractivity contribution in [1.29, 1.82) is 0 Å². The van der Waals surface area contributed by atoms with Crippen molar-refractivity contribution in [2.75, 3.05) is 26.2 Å². The van der Waals surface area contributed by atoms with Gasteiger partial charge in [0.25, 0.3) is 0 Å². The van der Waals surface area contributed by atoms with E-state index in [-0.39, 0.29) is 0 Å². The van der Waals surface area contributed by atoms with Gasteiger partial charge in [0.15, 0.2) is 0 Å². The van der Waals surface area contributed by atoms with Crippen molar-refractivity contribution < 1.29 is 4.74 Å². The van der Waals surface area contributed by atoms with Gasteiger partial charge in [0.1, 0.15) is 12.4 Å². The Labute approximate surface area is 111 Å². The molecular formula is C15H26N2O. The molecule has 0 bridgehead atoms. The predicted octanol–water partition coefficient (Wildman–Crippen LogP) is 2.48. The Bertz CT molecular complexity index is 350. The second-order valence-electron chi connectivity index (χ2n) is 4.64. The number of likely N-dealkylation sites (N-methyl/N-ethyl adjacent to an activating group) is 1. The lowest BCUT2D eigenvalue weighted by Gasteiger charge is -2.19. The van der Waals surface area contributed by atoms with Crippen LogP contribution in [0.3, 0.4) is 0 Å². The Morgan fingerprint density at radius 2 is 1.67 bits per heavy atom. The number of hydrogen-bond donors (Lipinski definition) is 1. The summed E-state index contributed by atoms with van der Waals surface area (Å²) in [5, 5.41) is 0. The zero-order valence-corrected chi connectivity index (χ0v) is 12.1. The molecule has 0 unspecified atom stereocenters. The van der Waals surface area contributed by atoms with Crippen molar-refractivity contribution in [3.05, 3.63) is 28.8 Å². The van der Waals surface area contributed by atoms with Crippen molar-refractivity contribution in [2.24, 2.45) is 5.73 Å². The molecule has 1 rings (SSSR count). The summed E-state index contributed by atoms with van der Waals surface area (Å²) in [5.41, 5.74) is 9.19. The Balaban J connectivity index is 2.62. The number of rotatable bonds is 7. The minimum absolute atomic E-state index is 0.585. The molecule has 0 saturated carbocycles. The fourth-order valence-electron chi connectivity index (χ4n) is 2.20. The minimum atomic E-state index is 0.585. The molecule has 0 aliphatic rings. The van der Waals surface area contributed by atoms with Gasteiger partial charge in [-0.2, -0.15) is 0 Å². The van der Waals surface area contributed by atoms with Gasteiger partial charge in [-0.15, -0.1) is 0 Å². The lowest BCUT2D eigenvalue weighted by Crippen LogP contribution is -2.28. The smallest absolute Gasteiger partial charge is 0.125 e. The van der Waals surface area contributed by atoms with E-state index >= 15 is 0 Å². The third-order valence-corrected chi connectivity index (χ3v) is 3.30. The molecule has 0 spiro atoms. The molecule has 0 fully saturated rings. The molecule has 0 aliphatic heterocycles. The second kappa shape index (κ2) is 7.39. The standard InChI is InChI=1S/C15H26N2O/c1-5-17(6-2)7-8-18-15-12(3)9-14(11-16)10-13(15)4/h9-10H,5-8,11,16H2,1-4H3. The van der Waals surface area contributed by atoms with Gasteiger partial charge in [0.2, 0.25) is 0 Å². The minimum Gasteiger partial charge on any atom is -0.492 e. The van der Waals surface area contributed by atoms with Gasteiger partial charge in [0.05, 0.1) is 0 Å². The number of nitrogens with zero attached hydrogens (tertiary/aromatic N) is 1. The number of aryl methyl sites for hydroxylation is 2. The topological polar surface area (TPSA) is 38.5 Å². The maximum atomic E-state index is 5.92. The summed E-state index contributed by atoms with van der Waals surface area (Å²) in [7, 11) is 0. The average molecular weight is 250 g/mol. The first-order valence-electron chi connectivity index (χ1n) is 6.77. The maximum Gasteiger partial charge on any atom is 0.125 e. The molecule has 1 aromatic carbocycles. The van der Waals surface area contributed by atoms with Gasteiger partial charge in [-0.1, -0.05) is 26.0 Å². The molecular weight excluding hydrogens is 224 g/mol. The summed E-state index contributed by atoms with van der Waals surface area (Å²) >= 11 is 0. The lowest BCUT2D eigenvalue weighted by molar-refractivity contribution is 0.221. The number of benzene rings is 1. The van der Waals surface area contributed by atoms with Gasteiger partial charge in [-0.3, -0.25) is 0 Å².